The van der Waals surface area contributed by atoms with E-state index >= 15 is 0 Å². The molecule has 0 radical (unpaired) electrons. The molecule has 0 aromatic heterocycles. The summed E-state index contributed by atoms with van der Waals surface area (Å²) in [5, 5.41) is 3.09. The first-order chi connectivity index (χ1) is 8.55. The van der Waals surface area contributed by atoms with Crippen molar-refractivity contribution in [1.29, 1.82) is 0 Å². The lowest BCUT2D eigenvalue weighted by Crippen LogP contribution is -2.34. The molecule has 0 aliphatic rings. The summed E-state index contributed by atoms with van der Waals surface area (Å²) in [7, 11) is -3.10. The summed E-state index contributed by atoms with van der Waals surface area (Å²) in [5.41, 5.74) is 0. The van der Waals surface area contributed by atoms with E-state index in [4.69, 9.17) is 0 Å². The molecule has 0 atom stereocenters. The molecule has 0 aliphatic heterocycles. The highest BCUT2D eigenvalue weighted by molar-refractivity contribution is 7.89. The highest BCUT2D eigenvalue weighted by Gasteiger charge is 2.08. The van der Waals surface area contributed by atoms with E-state index < -0.39 is 10.0 Å². The molecule has 0 spiro atoms. The molecule has 0 saturated heterocycles. The van der Waals surface area contributed by atoms with Crippen LogP contribution < -0.4 is 10.0 Å². The summed E-state index contributed by atoms with van der Waals surface area (Å²) in [6, 6.07) is 0. The minimum absolute atomic E-state index is 0.165. The highest BCUT2D eigenvalue weighted by atomic mass is 32.2. The van der Waals surface area contributed by atoms with Gasteiger partial charge in [-0.1, -0.05) is 20.8 Å². The third-order valence-electron chi connectivity index (χ3n) is 2.84. The Balaban J connectivity index is 3.64. The Labute approximate surface area is 112 Å². The second-order valence-electron chi connectivity index (χ2n) is 4.34. The quantitative estimate of drug-likeness (QED) is 0.515. The van der Waals surface area contributed by atoms with Gasteiger partial charge in [0.25, 0.3) is 0 Å². The molecule has 0 fully saturated rings. The summed E-state index contributed by atoms with van der Waals surface area (Å²) in [4.78, 5) is 2.29. The molecule has 2 N–H and O–H groups in total. The van der Waals surface area contributed by atoms with Crippen LogP contribution >= 0.6 is 0 Å². The Morgan fingerprint density at radius 3 is 2.22 bits per heavy atom. The van der Waals surface area contributed by atoms with Gasteiger partial charge in [-0.25, -0.2) is 13.1 Å². The lowest BCUT2D eigenvalue weighted by molar-refractivity contribution is 0.300. The van der Waals surface area contributed by atoms with Crippen LogP contribution in [0.25, 0.3) is 0 Å². The van der Waals surface area contributed by atoms with E-state index in [-0.39, 0.29) is 5.75 Å². The fraction of sp³-hybridized carbons (Fsp3) is 1.00. The smallest absolute Gasteiger partial charge is 0.212 e. The van der Waals surface area contributed by atoms with Gasteiger partial charge in [-0.3, -0.25) is 0 Å². The first kappa shape index (κ1) is 17.8. The molecular weight excluding hydrogens is 250 g/mol. The number of nitrogens with one attached hydrogen (secondary N) is 2. The van der Waals surface area contributed by atoms with E-state index in [0.29, 0.717) is 13.1 Å². The van der Waals surface area contributed by atoms with Crippen molar-refractivity contribution in [3.8, 4) is 0 Å². The van der Waals surface area contributed by atoms with Crippen molar-refractivity contribution < 1.29 is 8.42 Å². The van der Waals surface area contributed by atoms with E-state index in [1.54, 1.807) is 0 Å². The first-order valence-corrected chi connectivity index (χ1v) is 8.61. The predicted octanol–water partition coefficient (Wildman–Crippen LogP) is 0.637. The van der Waals surface area contributed by atoms with Crippen molar-refractivity contribution in [2.75, 3.05) is 45.0 Å². The minimum atomic E-state index is -3.10. The molecule has 0 aromatic rings. The Bertz CT molecular complexity index is 277. The van der Waals surface area contributed by atoms with Gasteiger partial charge in [0.2, 0.25) is 10.0 Å². The largest absolute Gasteiger partial charge is 0.316 e. The predicted molar refractivity (Wildman–Crippen MR) is 77.4 cm³/mol. The number of nitrogens with zero attached hydrogens (tertiary/aromatic N) is 1. The van der Waals surface area contributed by atoms with Crippen LogP contribution in [0.15, 0.2) is 0 Å². The van der Waals surface area contributed by atoms with Gasteiger partial charge in [0.1, 0.15) is 0 Å². The second kappa shape index (κ2) is 10.7. The van der Waals surface area contributed by atoms with Crippen LogP contribution in [0.2, 0.25) is 0 Å². The molecule has 0 heterocycles. The monoisotopic (exact) mass is 279 g/mol. The summed E-state index contributed by atoms with van der Waals surface area (Å²) >= 11 is 0. The Hall–Kier alpha value is -0.170. The maximum absolute atomic E-state index is 11.6. The van der Waals surface area contributed by atoms with Crippen LogP contribution in [0.3, 0.4) is 0 Å². The lowest BCUT2D eigenvalue weighted by atomic mass is 10.4. The van der Waals surface area contributed by atoms with Gasteiger partial charge in [-0.05, 0) is 39.0 Å². The summed E-state index contributed by atoms with van der Waals surface area (Å²) in [6.45, 7) is 11.2. The number of rotatable bonds is 12. The normalized spacial score (nSPS) is 12.2. The molecule has 18 heavy (non-hydrogen) atoms. The van der Waals surface area contributed by atoms with E-state index in [1.165, 1.54) is 0 Å². The van der Waals surface area contributed by atoms with Crippen LogP contribution in [0.5, 0.6) is 0 Å². The molecule has 0 aliphatic carbocycles. The summed E-state index contributed by atoms with van der Waals surface area (Å²) in [6.07, 6.45) is 1.89. The Morgan fingerprint density at radius 1 is 1.00 bits per heavy atom. The molecule has 0 amide bonds. The van der Waals surface area contributed by atoms with Crippen LogP contribution in [0.1, 0.15) is 33.6 Å². The van der Waals surface area contributed by atoms with Gasteiger partial charge < -0.3 is 10.2 Å². The Morgan fingerprint density at radius 2 is 1.67 bits per heavy atom. The van der Waals surface area contributed by atoms with Gasteiger partial charge >= 0.3 is 0 Å². The molecule has 0 aromatic carbocycles. The van der Waals surface area contributed by atoms with Crippen LogP contribution in [-0.4, -0.2) is 58.3 Å². The SMILES string of the molecule is CCCNCCS(=O)(=O)NCCCN(CC)CC. The minimum Gasteiger partial charge on any atom is -0.316 e. The standard InChI is InChI=1S/C12H29N3O2S/c1-4-8-13-10-12-18(16,17)14-9-7-11-15(5-2)6-3/h13-14H,4-12H2,1-3H3. The van der Waals surface area contributed by atoms with Crippen molar-refractivity contribution in [3.05, 3.63) is 0 Å². The van der Waals surface area contributed by atoms with Gasteiger partial charge in [-0.2, -0.15) is 0 Å². The van der Waals surface area contributed by atoms with Gasteiger partial charge in [0.05, 0.1) is 5.75 Å². The fourth-order valence-corrected chi connectivity index (χ4v) is 2.66. The summed E-state index contributed by atoms with van der Waals surface area (Å²) in [5.74, 6) is 0.165. The van der Waals surface area contributed by atoms with Crippen LogP contribution in [-0.2, 0) is 10.0 Å². The molecule has 6 heteroatoms. The maximum Gasteiger partial charge on any atom is 0.212 e. The van der Waals surface area contributed by atoms with E-state index in [9.17, 15) is 8.42 Å². The van der Waals surface area contributed by atoms with E-state index in [0.717, 1.165) is 39.0 Å². The van der Waals surface area contributed by atoms with Crippen molar-refractivity contribution >= 4 is 10.0 Å². The van der Waals surface area contributed by atoms with Crippen LogP contribution in [0, 0.1) is 0 Å². The van der Waals surface area contributed by atoms with Crippen LogP contribution in [0.4, 0.5) is 0 Å². The molecule has 110 valence electrons. The molecule has 0 bridgehead atoms. The number of hydrogen-bond donors (Lipinski definition) is 2. The van der Waals surface area contributed by atoms with Gasteiger partial charge in [0, 0.05) is 13.1 Å². The maximum atomic E-state index is 11.6. The molecule has 0 unspecified atom stereocenters. The second-order valence-corrected chi connectivity index (χ2v) is 6.27. The topological polar surface area (TPSA) is 61.4 Å². The van der Waals surface area contributed by atoms with Crippen molar-refractivity contribution in [1.82, 2.24) is 14.9 Å². The zero-order valence-corrected chi connectivity index (χ0v) is 12.9. The average molecular weight is 279 g/mol. The number of sulfonamides is 1. The van der Waals surface area contributed by atoms with Gasteiger partial charge in [0.15, 0.2) is 0 Å². The van der Waals surface area contributed by atoms with Gasteiger partial charge in [-0.15, -0.1) is 0 Å². The first-order valence-electron chi connectivity index (χ1n) is 6.96. The van der Waals surface area contributed by atoms with Crippen molar-refractivity contribution in [2.45, 2.75) is 33.6 Å². The van der Waals surface area contributed by atoms with Crippen molar-refractivity contribution in [2.24, 2.45) is 0 Å². The van der Waals surface area contributed by atoms with E-state index in [1.807, 2.05) is 0 Å². The number of hydrogen-bond acceptors (Lipinski definition) is 4. The molecular formula is C12H29N3O2S. The highest BCUT2D eigenvalue weighted by Crippen LogP contribution is 1.91. The zero-order valence-electron chi connectivity index (χ0n) is 12.0. The molecule has 0 saturated carbocycles. The zero-order chi connectivity index (χ0) is 13.9. The summed E-state index contributed by atoms with van der Waals surface area (Å²) < 4.78 is 25.9. The molecule has 5 nitrogen and oxygen atoms in total. The third-order valence-corrected chi connectivity index (χ3v) is 4.23. The van der Waals surface area contributed by atoms with Crippen molar-refractivity contribution in [3.63, 3.8) is 0 Å². The Kier molecular flexibility index (Phi) is 10.6. The average Bonchev–Trinajstić information content (AvgIpc) is 2.35. The fourth-order valence-electron chi connectivity index (χ4n) is 1.65. The molecule has 0 rings (SSSR count). The third kappa shape index (κ3) is 9.82. The van der Waals surface area contributed by atoms with E-state index in [2.05, 4.69) is 35.7 Å². The lowest BCUT2D eigenvalue weighted by Gasteiger charge is -2.17.